The van der Waals surface area contributed by atoms with Crippen LogP contribution in [0.2, 0.25) is 0 Å². The number of anilines is 1. The minimum absolute atomic E-state index is 0.854. The van der Waals surface area contributed by atoms with Gasteiger partial charge in [-0.1, -0.05) is 6.92 Å². The van der Waals surface area contributed by atoms with Crippen molar-refractivity contribution in [3.63, 3.8) is 0 Å². The summed E-state index contributed by atoms with van der Waals surface area (Å²) in [6.07, 6.45) is 2.79. The monoisotopic (exact) mass is 150 g/mol. The Morgan fingerprint density at radius 3 is 2.64 bits per heavy atom. The highest BCUT2D eigenvalue weighted by atomic mass is 14.7. The quantitative estimate of drug-likeness (QED) is 0.663. The van der Waals surface area contributed by atoms with Gasteiger partial charge in [-0.05, 0) is 31.4 Å². The molecule has 2 N–H and O–H groups in total. The molecule has 1 heterocycles. The number of nitrogens with zero attached hydrogens (tertiary/aromatic N) is 1. The number of hydrogen-bond acceptors (Lipinski definition) is 2. The zero-order valence-electron chi connectivity index (χ0n) is 7.31. The smallest absolute Gasteiger partial charge is 0.0632 e. The van der Waals surface area contributed by atoms with Crippen molar-refractivity contribution in [2.75, 3.05) is 5.73 Å². The summed E-state index contributed by atoms with van der Waals surface area (Å²) >= 11 is 0. The molecule has 1 rings (SSSR count). The highest BCUT2D eigenvalue weighted by Gasteiger charge is 2.02. The summed E-state index contributed by atoms with van der Waals surface area (Å²) < 4.78 is 0. The summed E-state index contributed by atoms with van der Waals surface area (Å²) in [6.45, 7) is 6.12. The van der Waals surface area contributed by atoms with Crippen LogP contribution in [0.15, 0.2) is 6.20 Å². The van der Waals surface area contributed by atoms with E-state index in [0.717, 1.165) is 23.4 Å². The first kappa shape index (κ1) is 8.05. The highest BCUT2D eigenvalue weighted by molar-refractivity contribution is 5.52. The number of nitrogens with two attached hydrogens (primary N) is 1. The van der Waals surface area contributed by atoms with E-state index >= 15 is 0 Å². The summed E-state index contributed by atoms with van der Waals surface area (Å²) in [5.74, 6) is 0. The molecule has 0 bridgehead atoms. The summed E-state index contributed by atoms with van der Waals surface area (Å²) in [4.78, 5) is 4.23. The van der Waals surface area contributed by atoms with Gasteiger partial charge in [-0.25, -0.2) is 0 Å². The fraction of sp³-hybridized carbons (Fsp3) is 0.444. The molecule has 2 nitrogen and oxygen atoms in total. The minimum Gasteiger partial charge on any atom is -0.397 e. The summed E-state index contributed by atoms with van der Waals surface area (Å²) in [5.41, 5.74) is 10.0. The molecular formula is C9H14N2. The maximum Gasteiger partial charge on any atom is 0.0632 e. The van der Waals surface area contributed by atoms with Crippen molar-refractivity contribution < 1.29 is 0 Å². The second-order valence-electron chi connectivity index (χ2n) is 2.78. The molecule has 1 aromatic heterocycles. The Balaban J connectivity index is 3.25. The first-order valence-corrected chi connectivity index (χ1v) is 3.87. The van der Waals surface area contributed by atoms with E-state index in [-0.39, 0.29) is 0 Å². The van der Waals surface area contributed by atoms with Gasteiger partial charge >= 0.3 is 0 Å². The molecule has 2 heteroatoms. The van der Waals surface area contributed by atoms with Gasteiger partial charge in [0.05, 0.1) is 11.4 Å². The lowest BCUT2D eigenvalue weighted by Gasteiger charge is -2.07. The normalized spacial score (nSPS) is 10.1. The molecule has 0 atom stereocenters. The van der Waals surface area contributed by atoms with E-state index in [1.165, 1.54) is 5.56 Å². The van der Waals surface area contributed by atoms with Gasteiger partial charge in [-0.3, -0.25) is 4.98 Å². The Morgan fingerprint density at radius 2 is 2.09 bits per heavy atom. The molecule has 0 unspecified atom stereocenters. The summed E-state index contributed by atoms with van der Waals surface area (Å²) in [5, 5.41) is 0. The molecule has 0 aliphatic carbocycles. The first-order valence-electron chi connectivity index (χ1n) is 3.87. The van der Waals surface area contributed by atoms with E-state index in [1.54, 1.807) is 0 Å². The number of aryl methyl sites for hydroxylation is 2. The van der Waals surface area contributed by atoms with Crippen molar-refractivity contribution >= 4 is 5.69 Å². The van der Waals surface area contributed by atoms with Crippen LogP contribution in [0.25, 0.3) is 0 Å². The minimum atomic E-state index is 0.854. The zero-order chi connectivity index (χ0) is 8.43. The largest absolute Gasteiger partial charge is 0.397 e. The Labute approximate surface area is 67.5 Å². The maximum absolute atomic E-state index is 5.83. The number of aromatic nitrogens is 1. The molecule has 11 heavy (non-hydrogen) atoms. The molecule has 0 fully saturated rings. The van der Waals surface area contributed by atoms with Gasteiger partial charge in [-0.15, -0.1) is 0 Å². The van der Waals surface area contributed by atoms with Gasteiger partial charge < -0.3 is 5.73 Å². The van der Waals surface area contributed by atoms with Gasteiger partial charge in [0.25, 0.3) is 0 Å². The van der Waals surface area contributed by atoms with Crippen molar-refractivity contribution in [3.8, 4) is 0 Å². The third-order valence-electron chi connectivity index (χ3n) is 2.06. The fourth-order valence-electron chi connectivity index (χ4n) is 1.05. The second-order valence-corrected chi connectivity index (χ2v) is 2.78. The van der Waals surface area contributed by atoms with Gasteiger partial charge in [0.1, 0.15) is 0 Å². The molecule has 0 aromatic carbocycles. The van der Waals surface area contributed by atoms with Crippen molar-refractivity contribution in [1.29, 1.82) is 0 Å². The topological polar surface area (TPSA) is 38.9 Å². The van der Waals surface area contributed by atoms with Gasteiger partial charge in [0.2, 0.25) is 0 Å². The molecular weight excluding hydrogens is 136 g/mol. The van der Waals surface area contributed by atoms with E-state index in [2.05, 4.69) is 11.9 Å². The summed E-state index contributed by atoms with van der Waals surface area (Å²) in [7, 11) is 0. The van der Waals surface area contributed by atoms with Crippen LogP contribution in [-0.2, 0) is 6.42 Å². The average molecular weight is 150 g/mol. The van der Waals surface area contributed by atoms with E-state index in [0.29, 0.717) is 0 Å². The second kappa shape index (κ2) is 2.91. The highest BCUT2D eigenvalue weighted by Crippen LogP contribution is 2.17. The molecule has 60 valence electrons. The van der Waals surface area contributed by atoms with Gasteiger partial charge in [0, 0.05) is 6.20 Å². The predicted octanol–water partition coefficient (Wildman–Crippen LogP) is 1.84. The van der Waals surface area contributed by atoms with Gasteiger partial charge in [0.15, 0.2) is 0 Å². The van der Waals surface area contributed by atoms with Crippen LogP contribution >= 0.6 is 0 Å². The molecule has 0 aliphatic rings. The lowest BCUT2D eigenvalue weighted by atomic mass is 10.1. The fourth-order valence-corrected chi connectivity index (χ4v) is 1.05. The molecule has 0 amide bonds. The molecule has 0 aliphatic heterocycles. The van der Waals surface area contributed by atoms with E-state index in [4.69, 9.17) is 5.73 Å². The lowest BCUT2D eigenvalue weighted by molar-refractivity contribution is 1.02. The van der Waals surface area contributed by atoms with Gasteiger partial charge in [-0.2, -0.15) is 0 Å². The first-order chi connectivity index (χ1) is 5.16. The third kappa shape index (κ3) is 1.34. The van der Waals surface area contributed by atoms with E-state index < -0.39 is 0 Å². The molecule has 0 radical (unpaired) electrons. The molecule has 0 spiro atoms. The van der Waals surface area contributed by atoms with Crippen LogP contribution < -0.4 is 5.73 Å². The molecule has 0 saturated carbocycles. The number of rotatable bonds is 1. The zero-order valence-corrected chi connectivity index (χ0v) is 7.31. The van der Waals surface area contributed by atoms with E-state index in [1.807, 2.05) is 20.0 Å². The molecule has 0 saturated heterocycles. The molecule has 1 aromatic rings. The van der Waals surface area contributed by atoms with Crippen molar-refractivity contribution in [3.05, 3.63) is 23.0 Å². The lowest BCUT2D eigenvalue weighted by Crippen LogP contribution is -2.00. The summed E-state index contributed by atoms with van der Waals surface area (Å²) in [6, 6.07) is 0. The van der Waals surface area contributed by atoms with Crippen LogP contribution in [-0.4, -0.2) is 4.98 Å². The number of pyridine rings is 1. The third-order valence-corrected chi connectivity index (χ3v) is 2.06. The Kier molecular flexibility index (Phi) is 2.13. The maximum atomic E-state index is 5.83. The van der Waals surface area contributed by atoms with Crippen LogP contribution in [0.5, 0.6) is 0 Å². The Bertz CT molecular complexity index is 267. The van der Waals surface area contributed by atoms with Crippen molar-refractivity contribution in [1.82, 2.24) is 4.98 Å². The SMILES string of the molecule is CCc1ncc(C)c(C)c1N. The van der Waals surface area contributed by atoms with Crippen LogP contribution in [0.1, 0.15) is 23.7 Å². The number of nitrogen functional groups attached to an aromatic ring is 1. The standard InChI is InChI=1S/C9H14N2/c1-4-8-9(10)7(3)6(2)5-11-8/h5H,4,10H2,1-3H3. The van der Waals surface area contributed by atoms with Crippen LogP contribution in [0.4, 0.5) is 5.69 Å². The number of hydrogen-bond donors (Lipinski definition) is 1. The Morgan fingerprint density at radius 1 is 1.45 bits per heavy atom. The predicted molar refractivity (Wildman–Crippen MR) is 47.5 cm³/mol. The van der Waals surface area contributed by atoms with Crippen molar-refractivity contribution in [2.45, 2.75) is 27.2 Å². The Hall–Kier alpha value is -1.05. The average Bonchev–Trinajstić information content (AvgIpc) is 2.01. The van der Waals surface area contributed by atoms with Crippen molar-refractivity contribution in [2.24, 2.45) is 0 Å². The van der Waals surface area contributed by atoms with Crippen LogP contribution in [0, 0.1) is 13.8 Å². The van der Waals surface area contributed by atoms with Crippen LogP contribution in [0.3, 0.4) is 0 Å². The van der Waals surface area contributed by atoms with E-state index in [9.17, 15) is 0 Å².